The van der Waals surface area contributed by atoms with Crippen molar-refractivity contribution in [2.24, 2.45) is 0 Å². The molecule has 0 N–H and O–H groups in total. The maximum Gasteiger partial charge on any atom is 0.122 e. The van der Waals surface area contributed by atoms with Crippen molar-refractivity contribution in [2.75, 3.05) is 6.61 Å². The standard InChI is InChI=1S/C11H16O.C2H6/c1-4-12-11-8-6-5-7-10(11)9(2)3;1-2/h5-9H,4H2,1-3H3;1-2H3. The van der Waals surface area contributed by atoms with Gasteiger partial charge in [-0.05, 0) is 24.5 Å². The fraction of sp³-hybridized carbons (Fsp3) is 0.538. The van der Waals surface area contributed by atoms with Crippen LogP contribution in [0.4, 0.5) is 0 Å². The van der Waals surface area contributed by atoms with Crippen LogP contribution < -0.4 is 4.74 Å². The SMILES string of the molecule is CC.CCOc1ccccc1C(C)C. The molecule has 0 saturated carbocycles. The zero-order valence-corrected chi connectivity index (χ0v) is 10.0. The van der Waals surface area contributed by atoms with E-state index in [4.69, 9.17) is 4.74 Å². The highest BCUT2D eigenvalue weighted by Gasteiger charge is 2.04. The van der Waals surface area contributed by atoms with Gasteiger partial charge in [0.2, 0.25) is 0 Å². The summed E-state index contributed by atoms with van der Waals surface area (Å²) >= 11 is 0. The highest BCUT2D eigenvalue weighted by Crippen LogP contribution is 2.25. The van der Waals surface area contributed by atoms with Crippen LogP contribution in [0.2, 0.25) is 0 Å². The van der Waals surface area contributed by atoms with Gasteiger partial charge >= 0.3 is 0 Å². The van der Waals surface area contributed by atoms with Crippen LogP contribution in [0.25, 0.3) is 0 Å². The summed E-state index contributed by atoms with van der Waals surface area (Å²) in [6.07, 6.45) is 0. The molecule has 0 bridgehead atoms. The molecule has 0 radical (unpaired) electrons. The van der Waals surface area contributed by atoms with Crippen molar-refractivity contribution in [3.63, 3.8) is 0 Å². The first-order chi connectivity index (χ1) is 6.75. The Kier molecular flexibility index (Phi) is 6.91. The first-order valence-electron chi connectivity index (χ1n) is 5.47. The van der Waals surface area contributed by atoms with E-state index in [0.29, 0.717) is 5.92 Å². The third-order valence-corrected chi connectivity index (χ3v) is 1.84. The second kappa shape index (κ2) is 7.43. The molecule has 0 heterocycles. The van der Waals surface area contributed by atoms with Crippen LogP contribution in [0.1, 0.15) is 46.1 Å². The van der Waals surface area contributed by atoms with Gasteiger partial charge in [-0.25, -0.2) is 0 Å². The Labute approximate surface area is 88.1 Å². The maximum absolute atomic E-state index is 5.50. The summed E-state index contributed by atoms with van der Waals surface area (Å²) in [7, 11) is 0. The predicted molar refractivity (Wildman–Crippen MR) is 63.0 cm³/mol. The van der Waals surface area contributed by atoms with E-state index in [1.165, 1.54) is 5.56 Å². The van der Waals surface area contributed by atoms with E-state index in [9.17, 15) is 0 Å². The van der Waals surface area contributed by atoms with E-state index in [1.807, 2.05) is 32.9 Å². The lowest BCUT2D eigenvalue weighted by Gasteiger charge is -2.11. The molecular weight excluding hydrogens is 172 g/mol. The van der Waals surface area contributed by atoms with Crippen molar-refractivity contribution in [1.29, 1.82) is 0 Å². The van der Waals surface area contributed by atoms with Crippen molar-refractivity contribution in [1.82, 2.24) is 0 Å². The fourth-order valence-electron chi connectivity index (χ4n) is 1.24. The van der Waals surface area contributed by atoms with Gasteiger partial charge in [0.05, 0.1) is 6.61 Å². The van der Waals surface area contributed by atoms with Gasteiger partial charge in [-0.15, -0.1) is 0 Å². The molecule has 0 spiro atoms. The number of hydrogen-bond acceptors (Lipinski definition) is 1. The number of ether oxygens (including phenoxy) is 1. The van der Waals surface area contributed by atoms with Crippen LogP contribution >= 0.6 is 0 Å². The first-order valence-corrected chi connectivity index (χ1v) is 5.47. The number of rotatable bonds is 3. The molecule has 0 unspecified atom stereocenters. The topological polar surface area (TPSA) is 9.23 Å². The van der Waals surface area contributed by atoms with Crippen molar-refractivity contribution in [3.8, 4) is 5.75 Å². The molecule has 1 aromatic carbocycles. The molecule has 1 rings (SSSR count). The van der Waals surface area contributed by atoms with Crippen LogP contribution in [0.15, 0.2) is 24.3 Å². The quantitative estimate of drug-likeness (QED) is 0.699. The van der Waals surface area contributed by atoms with Crippen molar-refractivity contribution in [3.05, 3.63) is 29.8 Å². The molecule has 0 aliphatic heterocycles. The molecular formula is C13H22O. The Morgan fingerprint density at radius 1 is 1.14 bits per heavy atom. The average Bonchev–Trinajstić information content (AvgIpc) is 2.22. The van der Waals surface area contributed by atoms with Gasteiger partial charge < -0.3 is 4.74 Å². The van der Waals surface area contributed by atoms with Gasteiger partial charge in [0, 0.05) is 0 Å². The number of hydrogen-bond donors (Lipinski definition) is 0. The monoisotopic (exact) mass is 194 g/mol. The van der Waals surface area contributed by atoms with E-state index in [-0.39, 0.29) is 0 Å². The highest BCUT2D eigenvalue weighted by atomic mass is 16.5. The second-order valence-electron chi connectivity index (χ2n) is 3.13. The fourth-order valence-corrected chi connectivity index (χ4v) is 1.24. The van der Waals surface area contributed by atoms with Crippen molar-refractivity contribution >= 4 is 0 Å². The lowest BCUT2D eigenvalue weighted by molar-refractivity contribution is 0.335. The predicted octanol–water partition coefficient (Wildman–Crippen LogP) is 4.23. The zero-order chi connectivity index (χ0) is 11.0. The van der Waals surface area contributed by atoms with Gasteiger partial charge in [-0.1, -0.05) is 45.9 Å². The minimum atomic E-state index is 0.535. The van der Waals surface area contributed by atoms with E-state index in [0.717, 1.165) is 12.4 Å². The summed E-state index contributed by atoms with van der Waals surface area (Å²) in [5, 5.41) is 0. The van der Waals surface area contributed by atoms with Gasteiger partial charge in [-0.2, -0.15) is 0 Å². The minimum Gasteiger partial charge on any atom is -0.494 e. The Morgan fingerprint density at radius 3 is 2.21 bits per heavy atom. The Bertz CT molecular complexity index is 241. The molecule has 0 amide bonds. The minimum absolute atomic E-state index is 0.535. The summed E-state index contributed by atoms with van der Waals surface area (Å²) in [5.74, 6) is 1.56. The van der Waals surface area contributed by atoms with Gasteiger partial charge in [0.1, 0.15) is 5.75 Å². The van der Waals surface area contributed by atoms with Gasteiger partial charge in [-0.3, -0.25) is 0 Å². The van der Waals surface area contributed by atoms with Gasteiger partial charge in [0.25, 0.3) is 0 Å². The normalized spacial score (nSPS) is 9.29. The van der Waals surface area contributed by atoms with Crippen LogP contribution in [-0.2, 0) is 0 Å². The van der Waals surface area contributed by atoms with Crippen molar-refractivity contribution < 1.29 is 4.74 Å². The van der Waals surface area contributed by atoms with Crippen LogP contribution in [0.5, 0.6) is 5.75 Å². The smallest absolute Gasteiger partial charge is 0.122 e. The van der Waals surface area contributed by atoms with E-state index >= 15 is 0 Å². The summed E-state index contributed by atoms with van der Waals surface area (Å²) in [6.45, 7) is 11.1. The lowest BCUT2D eigenvalue weighted by atomic mass is 10.0. The van der Waals surface area contributed by atoms with Crippen LogP contribution in [0, 0.1) is 0 Å². The molecule has 0 aliphatic carbocycles. The van der Waals surface area contributed by atoms with E-state index < -0.39 is 0 Å². The third-order valence-electron chi connectivity index (χ3n) is 1.84. The van der Waals surface area contributed by atoms with Crippen LogP contribution in [0.3, 0.4) is 0 Å². The highest BCUT2D eigenvalue weighted by molar-refractivity contribution is 5.35. The zero-order valence-electron chi connectivity index (χ0n) is 10.0. The second-order valence-corrected chi connectivity index (χ2v) is 3.13. The van der Waals surface area contributed by atoms with E-state index in [2.05, 4.69) is 26.0 Å². The Balaban J connectivity index is 0.000000791. The van der Waals surface area contributed by atoms with Crippen LogP contribution in [-0.4, -0.2) is 6.61 Å². The third kappa shape index (κ3) is 3.82. The molecule has 0 atom stereocenters. The van der Waals surface area contributed by atoms with Crippen molar-refractivity contribution in [2.45, 2.75) is 40.5 Å². The summed E-state index contributed by atoms with van der Waals surface area (Å²) in [4.78, 5) is 0. The largest absolute Gasteiger partial charge is 0.494 e. The first kappa shape index (κ1) is 13.0. The molecule has 0 fully saturated rings. The Hall–Kier alpha value is -0.980. The Morgan fingerprint density at radius 2 is 1.71 bits per heavy atom. The molecule has 1 nitrogen and oxygen atoms in total. The average molecular weight is 194 g/mol. The molecule has 80 valence electrons. The summed E-state index contributed by atoms with van der Waals surface area (Å²) < 4.78 is 5.50. The summed E-state index contributed by atoms with van der Waals surface area (Å²) in [5.41, 5.74) is 1.29. The number of benzene rings is 1. The molecule has 14 heavy (non-hydrogen) atoms. The molecule has 0 saturated heterocycles. The maximum atomic E-state index is 5.50. The van der Waals surface area contributed by atoms with E-state index in [1.54, 1.807) is 0 Å². The number of para-hydroxylation sites is 1. The summed E-state index contributed by atoms with van der Waals surface area (Å²) in [6, 6.07) is 8.21. The van der Waals surface area contributed by atoms with Gasteiger partial charge in [0.15, 0.2) is 0 Å². The molecule has 1 heteroatoms. The molecule has 1 aromatic rings. The molecule has 0 aromatic heterocycles. The lowest BCUT2D eigenvalue weighted by Crippen LogP contribution is -1.97. The molecule has 0 aliphatic rings.